The molecule has 4 heteroatoms. The van der Waals surface area contributed by atoms with Gasteiger partial charge in [-0.25, -0.2) is 4.98 Å². The van der Waals surface area contributed by atoms with Crippen molar-refractivity contribution in [3.63, 3.8) is 0 Å². The Morgan fingerprint density at radius 1 is 1.35 bits per heavy atom. The topological polar surface area (TPSA) is 64.9 Å². The van der Waals surface area contributed by atoms with Crippen LogP contribution in [0.5, 0.6) is 0 Å². The molecule has 2 aromatic heterocycles. The van der Waals surface area contributed by atoms with Gasteiger partial charge in [0.05, 0.1) is 0 Å². The fourth-order valence-corrected chi connectivity index (χ4v) is 2.48. The highest BCUT2D eigenvalue weighted by Crippen LogP contribution is 2.42. The molecule has 0 bridgehead atoms. The lowest BCUT2D eigenvalue weighted by molar-refractivity contribution is 0.134. The molecule has 0 amide bonds. The van der Waals surface area contributed by atoms with Gasteiger partial charge in [-0.05, 0) is 43.9 Å². The minimum absolute atomic E-state index is 0.232. The summed E-state index contributed by atoms with van der Waals surface area (Å²) in [5.74, 6) is 0.781. The first-order valence-corrected chi connectivity index (χ1v) is 6.14. The minimum Gasteiger partial charge on any atom is -0.439 e. The van der Waals surface area contributed by atoms with Crippen LogP contribution in [0.15, 0.2) is 16.5 Å². The largest absolute Gasteiger partial charge is 0.439 e. The van der Waals surface area contributed by atoms with Crippen molar-refractivity contribution in [1.29, 1.82) is 0 Å². The van der Waals surface area contributed by atoms with Crippen molar-refractivity contribution in [2.45, 2.75) is 32.6 Å². The van der Waals surface area contributed by atoms with Crippen molar-refractivity contribution >= 4 is 11.2 Å². The van der Waals surface area contributed by atoms with Crippen LogP contribution >= 0.6 is 0 Å². The number of nitrogens with zero attached hydrogens (tertiary/aromatic N) is 2. The van der Waals surface area contributed by atoms with E-state index in [4.69, 9.17) is 10.2 Å². The third kappa shape index (κ3) is 1.82. The first-order valence-electron chi connectivity index (χ1n) is 6.14. The zero-order valence-electron chi connectivity index (χ0n) is 10.1. The molecule has 1 aliphatic rings. The lowest BCUT2D eigenvalue weighted by atomic mass is 9.67. The average Bonchev–Trinajstić information content (AvgIpc) is 2.65. The normalized spacial score (nSPS) is 18.2. The summed E-state index contributed by atoms with van der Waals surface area (Å²) in [4.78, 5) is 8.81. The zero-order chi connectivity index (χ0) is 11.9. The molecule has 0 unspecified atom stereocenters. The Kier molecular flexibility index (Phi) is 2.40. The number of fused-ring (bicyclic) bond motifs is 1. The summed E-state index contributed by atoms with van der Waals surface area (Å²) in [5, 5.41) is 0. The maximum atomic E-state index is 5.85. The fourth-order valence-electron chi connectivity index (χ4n) is 2.48. The standard InChI is InChI=1S/C13H17N3O/c1-9-3-4-10-12(15-9)16-11(17-10)7-13(8-14)5-2-6-13/h3-4H,2,5-8,14H2,1H3. The van der Waals surface area contributed by atoms with Gasteiger partial charge in [0.2, 0.25) is 0 Å². The van der Waals surface area contributed by atoms with Gasteiger partial charge in [-0.2, -0.15) is 4.98 Å². The van der Waals surface area contributed by atoms with Gasteiger partial charge in [-0.3, -0.25) is 0 Å². The molecular formula is C13H17N3O. The highest BCUT2D eigenvalue weighted by molar-refractivity contribution is 5.67. The summed E-state index contributed by atoms with van der Waals surface area (Å²) >= 11 is 0. The molecule has 2 heterocycles. The summed E-state index contributed by atoms with van der Waals surface area (Å²) in [7, 11) is 0. The third-order valence-electron chi connectivity index (χ3n) is 3.81. The van der Waals surface area contributed by atoms with Crippen molar-refractivity contribution < 1.29 is 4.42 Å². The molecule has 90 valence electrons. The van der Waals surface area contributed by atoms with Gasteiger partial charge in [-0.1, -0.05) is 6.42 Å². The Morgan fingerprint density at radius 3 is 2.82 bits per heavy atom. The van der Waals surface area contributed by atoms with Crippen molar-refractivity contribution in [2.24, 2.45) is 11.1 Å². The van der Waals surface area contributed by atoms with Crippen LogP contribution in [0.25, 0.3) is 11.2 Å². The van der Waals surface area contributed by atoms with Gasteiger partial charge < -0.3 is 10.2 Å². The van der Waals surface area contributed by atoms with Gasteiger partial charge in [-0.15, -0.1) is 0 Å². The van der Waals surface area contributed by atoms with Gasteiger partial charge in [0.25, 0.3) is 0 Å². The van der Waals surface area contributed by atoms with Crippen LogP contribution in [0.2, 0.25) is 0 Å². The van der Waals surface area contributed by atoms with E-state index < -0.39 is 0 Å². The van der Waals surface area contributed by atoms with Crippen LogP contribution < -0.4 is 5.73 Å². The van der Waals surface area contributed by atoms with E-state index in [1.165, 1.54) is 19.3 Å². The van der Waals surface area contributed by atoms with E-state index in [-0.39, 0.29) is 5.41 Å². The molecule has 0 radical (unpaired) electrons. The van der Waals surface area contributed by atoms with Gasteiger partial charge >= 0.3 is 0 Å². The van der Waals surface area contributed by atoms with Crippen LogP contribution in [0.3, 0.4) is 0 Å². The molecule has 0 atom stereocenters. The van der Waals surface area contributed by atoms with Crippen LogP contribution in [-0.2, 0) is 6.42 Å². The van der Waals surface area contributed by atoms with Gasteiger partial charge in [0.1, 0.15) is 0 Å². The molecule has 0 saturated heterocycles. The monoisotopic (exact) mass is 231 g/mol. The van der Waals surface area contributed by atoms with Crippen LogP contribution in [0.4, 0.5) is 0 Å². The molecule has 17 heavy (non-hydrogen) atoms. The molecular weight excluding hydrogens is 214 g/mol. The maximum Gasteiger partial charge on any atom is 0.199 e. The summed E-state index contributed by atoms with van der Waals surface area (Å²) < 4.78 is 5.73. The van der Waals surface area contributed by atoms with E-state index >= 15 is 0 Å². The summed E-state index contributed by atoms with van der Waals surface area (Å²) in [6, 6.07) is 3.88. The van der Waals surface area contributed by atoms with Crippen molar-refractivity contribution in [3.05, 3.63) is 23.7 Å². The number of hydrogen-bond acceptors (Lipinski definition) is 4. The van der Waals surface area contributed by atoms with Crippen LogP contribution in [0, 0.1) is 12.3 Å². The highest BCUT2D eigenvalue weighted by atomic mass is 16.3. The number of aromatic nitrogens is 2. The number of nitrogens with two attached hydrogens (primary N) is 1. The molecule has 1 fully saturated rings. The van der Waals surface area contributed by atoms with Gasteiger partial charge in [0.15, 0.2) is 17.1 Å². The third-order valence-corrected chi connectivity index (χ3v) is 3.81. The van der Waals surface area contributed by atoms with E-state index in [1.807, 2.05) is 19.1 Å². The zero-order valence-corrected chi connectivity index (χ0v) is 10.1. The summed E-state index contributed by atoms with van der Waals surface area (Å²) in [6.07, 6.45) is 4.50. The predicted molar refractivity (Wildman–Crippen MR) is 65.6 cm³/mol. The van der Waals surface area contributed by atoms with Gasteiger partial charge in [0, 0.05) is 12.1 Å². The molecule has 0 aliphatic heterocycles. The van der Waals surface area contributed by atoms with Crippen molar-refractivity contribution in [1.82, 2.24) is 9.97 Å². The van der Waals surface area contributed by atoms with Crippen LogP contribution in [0.1, 0.15) is 30.8 Å². The van der Waals surface area contributed by atoms with E-state index in [0.29, 0.717) is 5.65 Å². The average molecular weight is 231 g/mol. The molecule has 2 aromatic rings. The number of oxazole rings is 1. The SMILES string of the molecule is Cc1ccc2oc(CC3(CN)CCC3)nc2n1. The van der Waals surface area contributed by atoms with E-state index in [1.54, 1.807) is 0 Å². The lowest BCUT2D eigenvalue weighted by Crippen LogP contribution is -2.39. The molecule has 4 nitrogen and oxygen atoms in total. The quantitative estimate of drug-likeness (QED) is 0.879. The molecule has 3 rings (SSSR count). The maximum absolute atomic E-state index is 5.85. The Balaban J connectivity index is 1.90. The Hall–Kier alpha value is -1.42. The summed E-state index contributed by atoms with van der Waals surface area (Å²) in [5.41, 5.74) is 8.54. The lowest BCUT2D eigenvalue weighted by Gasteiger charge is -2.39. The Bertz CT molecular complexity index is 537. The minimum atomic E-state index is 0.232. The van der Waals surface area contributed by atoms with Crippen molar-refractivity contribution in [3.8, 4) is 0 Å². The molecule has 0 spiro atoms. The second-order valence-electron chi connectivity index (χ2n) is 5.12. The number of hydrogen-bond donors (Lipinski definition) is 1. The number of aryl methyl sites for hydroxylation is 1. The smallest absolute Gasteiger partial charge is 0.199 e. The van der Waals surface area contributed by atoms with E-state index in [9.17, 15) is 0 Å². The fraction of sp³-hybridized carbons (Fsp3) is 0.538. The highest BCUT2D eigenvalue weighted by Gasteiger charge is 2.37. The van der Waals surface area contributed by atoms with Crippen molar-refractivity contribution in [2.75, 3.05) is 6.54 Å². The van der Waals surface area contributed by atoms with Crippen LogP contribution in [-0.4, -0.2) is 16.5 Å². The Labute approximate surface area is 100 Å². The van der Waals surface area contributed by atoms with E-state index in [2.05, 4.69) is 9.97 Å². The molecule has 0 aromatic carbocycles. The first kappa shape index (κ1) is 10.7. The molecule has 1 aliphatic carbocycles. The Morgan fingerprint density at radius 2 is 2.18 bits per heavy atom. The first-order chi connectivity index (χ1) is 8.21. The summed E-state index contributed by atoms with van der Waals surface area (Å²) in [6.45, 7) is 2.68. The molecule has 1 saturated carbocycles. The second kappa shape index (κ2) is 3.81. The second-order valence-corrected chi connectivity index (χ2v) is 5.12. The molecule has 2 N–H and O–H groups in total. The number of rotatable bonds is 3. The van der Waals surface area contributed by atoms with E-state index in [0.717, 1.165) is 30.1 Å². The number of pyridine rings is 1. The predicted octanol–water partition coefficient (Wildman–Crippen LogP) is 2.20.